The second-order valence-electron chi connectivity index (χ2n) is 4.06. The molecule has 4 heteroatoms. The highest BCUT2D eigenvalue weighted by Crippen LogP contribution is 2.34. The minimum Gasteiger partial charge on any atom is -0.383 e. The topological polar surface area (TPSA) is 43.8 Å². The van der Waals surface area contributed by atoms with Gasteiger partial charge in [0, 0.05) is 22.6 Å². The van der Waals surface area contributed by atoms with E-state index < -0.39 is 0 Å². The second kappa shape index (κ2) is 4.92. The maximum atomic E-state index is 6.11. The summed E-state index contributed by atoms with van der Waals surface area (Å²) in [6.45, 7) is 2.15. The molecule has 3 nitrogen and oxygen atoms in total. The van der Waals surface area contributed by atoms with Gasteiger partial charge in [-0.3, -0.25) is 4.68 Å². The summed E-state index contributed by atoms with van der Waals surface area (Å²) in [6.07, 6.45) is 2.01. The van der Waals surface area contributed by atoms with Gasteiger partial charge >= 0.3 is 0 Å². The molecule has 2 N–H and O–H groups in total. The Kier molecular flexibility index (Phi) is 3.52. The van der Waals surface area contributed by atoms with Crippen LogP contribution in [0.1, 0.15) is 19.0 Å². The van der Waals surface area contributed by atoms with Gasteiger partial charge in [-0.1, -0.05) is 47.5 Å². The van der Waals surface area contributed by atoms with Gasteiger partial charge in [0.2, 0.25) is 0 Å². The maximum absolute atomic E-state index is 6.11. The van der Waals surface area contributed by atoms with Crippen molar-refractivity contribution in [2.75, 3.05) is 5.73 Å². The summed E-state index contributed by atoms with van der Waals surface area (Å²) in [5.74, 6) is 0.723. The molecule has 2 rings (SSSR count). The van der Waals surface area contributed by atoms with E-state index in [1.165, 1.54) is 0 Å². The monoisotopic (exact) mass is 293 g/mol. The first-order valence-corrected chi connectivity index (χ1v) is 6.50. The summed E-state index contributed by atoms with van der Waals surface area (Å²) < 4.78 is 2.80. The van der Waals surface area contributed by atoms with E-state index in [9.17, 15) is 0 Å². The Hall–Kier alpha value is -1.29. The van der Waals surface area contributed by atoms with Gasteiger partial charge in [0.25, 0.3) is 0 Å². The van der Waals surface area contributed by atoms with E-state index in [0.29, 0.717) is 0 Å². The summed E-state index contributed by atoms with van der Waals surface area (Å²) >= 11 is 3.57. The molecule has 0 aliphatic carbocycles. The standard InChI is InChI=1S/C13H16BrN3/c1-3-6-11-12(13(15)17(2)16-11)9-7-4-5-8-10(9)14/h4-5,7-8H,3,6,15H2,1-2H3. The Balaban J connectivity index is 2.61. The predicted molar refractivity (Wildman–Crippen MR) is 74.8 cm³/mol. The number of aromatic nitrogens is 2. The Morgan fingerprint density at radius 3 is 2.71 bits per heavy atom. The molecule has 0 saturated carbocycles. The molecule has 0 atom stereocenters. The summed E-state index contributed by atoms with van der Waals surface area (Å²) in [5.41, 5.74) is 9.35. The Morgan fingerprint density at radius 2 is 2.06 bits per heavy atom. The van der Waals surface area contributed by atoms with Gasteiger partial charge in [-0.05, 0) is 12.5 Å². The number of rotatable bonds is 3. The minimum absolute atomic E-state index is 0.723. The van der Waals surface area contributed by atoms with Crippen LogP contribution in [-0.2, 0) is 13.5 Å². The lowest BCUT2D eigenvalue weighted by atomic mass is 10.0. The molecule has 0 bridgehead atoms. The van der Waals surface area contributed by atoms with Crippen LogP contribution in [-0.4, -0.2) is 9.78 Å². The van der Waals surface area contributed by atoms with Gasteiger partial charge < -0.3 is 5.73 Å². The highest BCUT2D eigenvalue weighted by Gasteiger charge is 2.16. The Bertz CT molecular complexity index is 531. The van der Waals surface area contributed by atoms with Crippen molar-refractivity contribution >= 4 is 21.7 Å². The van der Waals surface area contributed by atoms with Gasteiger partial charge in [-0.25, -0.2) is 0 Å². The van der Waals surface area contributed by atoms with Crippen LogP contribution in [0.4, 0.5) is 5.82 Å². The van der Waals surface area contributed by atoms with Crippen molar-refractivity contribution in [3.8, 4) is 11.1 Å². The zero-order chi connectivity index (χ0) is 12.4. The van der Waals surface area contributed by atoms with Crippen LogP contribution >= 0.6 is 15.9 Å². The smallest absolute Gasteiger partial charge is 0.129 e. The molecule has 0 fully saturated rings. The SMILES string of the molecule is CCCc1nn(C)c(N)c1-c1ccccc1Br. The van der Waals surface area contributed by atoms with Crippen LogP contribution in [0.25, 0.3) is 11.1 Å². The average Bonchev–Trinajstić information content (AvgIpc) is 2.57. The third-order valence-electron chi connectivity index (χ3n) is 2.79. The molecule has 0 saturated heterocycles. The van der Waals surface area contributed by atoms with Gasteiger partial charge in [0.05, 0.1) is 5.69 Å². The largest absolute Gasteiger partial charge is 0.383 e. The van der Waals surface area contributed by atoms with Crippen LogP contribution < -0.4 is 5.73 Å². The van der Waals surface area contributed by atoms with Crippen LogP contribution in [0.3, 0.4) is 0 Å². The molecule has 17 heavy (non-hydrogen) atoms. The molecule has 1 heterocycles. The van der Waals surface area contributed by atoms with Crippen molar-refractivity contribution in [2.24, 2.45) is 7.05 Å². The van der Waals surface area contributed by atoms with Crippen molar-refractivity contribution in [1.29, 1.82) is 0 Å². The second-order valence-corrected chi connectivity index (χ2v) is 4.91. The highest BCUT2D eigenvalue weighted by atomic mass is 79.9. The molecule has 0 aliphatic heterocycles. The summed E-state index contributed by atoms with van der Waals surface area (Å²) in [6, 6.07) is 8.11. The molecule has 0 aliphatic rings. The van der Waals surface area contributed by atoms with Crippen molar-refractivity contribution in [3.05, 3.63) is 34.4 Å². The number of nitrogens with two attached hydrogens (primary N) is 1. The molecule has 0 unspecified atom stereocenters. The van der Waals surface area contributed by atoms with E-state index in [1.807, 2.05) is 25.2 Å². The molecule has 1 aromatic carbocycles. The third-order valence-corrected chi connectivity index (χ3v) is 3.49. The molecular formula is C13H16BrN3. The van der Waals surface area contributed by atoms with Crippen molar-refractivity contribution < 1.29 is 0 Å². The first kappa shape index (κ1) is 12.2. The number of nitrogens with zero attached hydrogens (tertiary/aromatic N) is 2. The first-order valence-electron chi connectivity index (χ1n) is 5.71. The minimum atomic E-state index is 0.723. The van der Waals surface area contributed by atoms with Crippen LogP contribution in [0.15, 0.2) is 28.7 Å². The van der Waals surface area contributed by atoms with Crippen molar-refractivity contribution in [2.45, 2.75) is 19.8 Å². The lowest BCUT2D eigenvalue weighted by molar-refractivity contribution is 0.741. The molecule has 1 aromatic heterocycles. The van der Waals surface area contributed by atoms with E-state index >= 15 is 0 Å². The van der Waals surface area contributed by atoms with E-state index in [1.54, 1.807) is 4.68 Å². The Morgan fingerprint density at radius 1 is 1.35 bits per heavy atom. The number of halogens is 1. The summed E-state index contributed by atoms with van der Waals surface area (Å²) in [7, 11) is 1.88. The van der Waals surface area contributed by atoms with Crippen molar-refractivity contribution in [3.63, 3.8) is 0 Å². The van der Waals surface area contributed by atoms with Crippen LogP contribution in [0.5, 0.6) is 0 Å². The maximum Gasteiger partial charge on any atom is 0.129 e. The molecule has 90 valence electrons. The lowest BCUT2D eigenvalue weighted by Crippen LogP contribution is -1.98. The number of hydrogen-bond donors (Lipinski definition) is 1. The number of nitrogen functional groups attached to an aromatic ring is 1. The zero-order valence-electron chi connectivity index (χ0n) is 10.1. The fourth-order valence-corrected chi connectivity index (χ4v) is 2.45. The van der Waals surface area contributed by atoms with Crippen molar-refractivity contribution in [1.82, 2.24) is 9.78 Å². The van der Waals surface area contributed by atoms with Crippen LogP contribution in [0.2, 0.25) is 0 Å². The number of aryl methyl sites for hydroxylation is 2. The number of benzene rings is 1. The van der Waals surface area contributed by atoms with E-state index in [0.717, 1.165) is 40.0 Å². The number of anilines is 1. The number of hydrogen-bond acceptors (Lipinski definition) is 2. The summed E-state index contributed by atoms with van der Waals surface area (Å²) in [4.78, 5) is 0. The normalized spacial score (nSPS) is 10.8. The third kappa shape index (κ3) is 2.22. The fourth-order valence-electron chi connectivity index (χ4n) is 1.96. The quantitative estimate of drug-likeness (QED) is 0.943. The molecule has 0 amide bonds. The van der Waals surface area contributed by atoms with Gasteiger partial charge in [-0.15, -0.1) is 0 Å². The lowest BCUT2D eigenvalue weighted by Gasteiger charge is -2.05. The van der Waals surface area contributed by atoms with E-state index in [2.05, 4.69) is 34.0 Å². The predicted octanol–water partition coefficient (Wildman–Crippen LogP) is 3.38. The van der Waals surface area contributed by atoms with E-state index in [4.69, 9.17) is 5.73 Å². The van der Waals surface area contributed by atoms with E-state index in [-0.39, 0.29) is 0 Å². The van der Waals surface area contributed by atoms with Crippen LogP contribution in [0, 0.1) is 0 Å². The molecule has 0 spiro atoms. The first-order chi connectivity index (χ1) is 8.15. The summed E-state index contributed by atoms with van der Waals surface area (Å²) in [5, 5.41) is 4.49. The average molecular weight is 294 g/mol. The van der Waals surface area contributed by atoms with Gasteiger partial charge in [0.15, 0.2) is 0 Å². The zero-order valence-corrected chi connectivity index (χ0v) is 11.7. The Labute approximate surface area is 110 Å². The molecular weight excluding hydrogens is 278 g/mol. The highest BCUT2D eigenvalue weighted by molar-refractivity contribution is 9.10. The van der Waals surface area contributed by atoms with Gasteiger partial charge in [-0.2, -0.15) is 5.10 Å². The fraction of sp³-hybridized carbons (Fsp3) is 0.308. The van der Waals surface area contributed by atoms with Gasteiger partial charge in [0.1, 0.15) is 5.82 Å². The molecule has 2 aromatic rings. The molecule has 0 radical (unpaired) electrons.